The van der Waals surface area contributed by atoms with Crippen LogP contribution in [0, 0.1) is 5.82 Å². The molecule has 5 heteroatoms. The standard InChI is InChI=1S/C16H16FNO3/c1-10(13-6-5-12(19)7-14(13)17)18-8-11-3-2-4-15-16(11)21-9-20-15/h2-7,10,18-19H,8-9H2,1H3. The predicted molar refractivity (Wildman–Crippen MR) is 75.9 cm³/mol. The highest BCUT2D eigenvalue weighted by molar-refractivity contribution is 5.48. The van der Waals surface area contributed by atoms with Gasteiger partial charge < -0.3 is 19.9 Å². The van der Waals surface area contributed by atoms with Crippen LogP contribution in [0.25, 0.3) is 0 Å². The minimum absolute atomic E-state index is 0.0742. The summed E-state index contributed by atoms with van der Waals surface area (Å²) in [5.41, 5.74) is 1.48. The van der Waals surface area contributed by atoms with Crippen LogP contribution in [0.3, 0.4) is 0 Å². The van der Waals surface area contributed by atoms with Gasteiger partial charge in [-0.25, -0.2) is 4.39 Å². The van der Waals surface area contributed by atoms with Crippen molar-refractivity contribution in [3.63, 3.8) is 0 Å². The highest BCUT2D eigenvalue weighted by Crippen LogP contribution is 2.35. The second-order valence-electron chi connectivity index (χ2n) is 4.96. The van der Waals surface area contributed by atoms with Gasteiger partial charge >= 0.3 is 0 Å². The van der Waals surface area contributed by atoms with Crippen LogP contribution in [0.2, 0.25) is 0 Å². The number of hydrogen-bond acceptors (Lipinski definition) is 4. The van der Waals surface area contributed by atoms with E-state index in [0.29, 0.717) is 12.1 Å². The maximum atomic E-state index is 13.8. The lowest BCUT2D eigenvalue weighted by Crippen LogP contribution is -2.19. The number of aromatic hydroxyl groups is 1. The summed E-state index contributed by atoms with van der Waals surface area (Å²) < 4.78 is 24.6. The van der Waals surface area contributed by atoms with E-state index >= 15 is 0 Å². The molecule has 0 saturated carbocycles. The second kappa shape index (κ2) is 5.61. The van der Waals surface area contributed by atoms with Crippen LogP contribution in [0.4, 0.5) is 4.39 Å². The first-order valence-corrected chi connectivity index (χ1v) is 6.74. The maximum Gasteiger partial charge on any atom is 0.231 e. The van der Waals surface area contributed by atoms with Gasteiger partial charge in [-0.15, -0.1) is 0 Å². The van der Waals surface area contributed by atoms with E-state index in [1.165, 1.54) is 6.07 Å². The highest BCUT2D eigenvalue weighted by Gasteiger charge is 2.18. The molecule has 0 bridgehead atoms. The molecule has 0 radical (unpaired) electrons. The summed E-state index contributed by atoms with van der Waals surface area (Å²) in [6.07, 6.45) is 0. The molecule has 1 atom stereocenters. The maximum absolute atomic E-state index is 13.8. The normalized spacial score (nSPS) is 14.2. The van der Waals surface area contributed by atoms with Gasteiger partial charge in [0.05, 0.1) is 0 Å². The van der Waals surface area contributed by atoms with Gasteiger partial charge in [0.2, 0.25) is 6.79 Å². The summed E-state index contributed by atoms with van der Waals surface area (Å²) >= 11 is 0. The number of para-hydroxylation sites is 1. The lowest BCUT2D eigenvalue weighted by atomic mass is 10.1. The van der Waals surface area contributed by atoms with Crippen LogP contribution >= 0.6 is 0 Å². The fourth-order valence-corrected chi connectivity index (χ4v) is 2.37. The molecule has 2 N–H and O–H groups in total. The molecule has 4 nitrogen and oxygen atoms in total. The molecule has 0 aromatic heterocycles. The summed E-state index contributed by atoms with van der Waals surface area (Å²) in [7, 11) is 0. The van der Waals surface area contributed by atoms with Crippen molar-refractivity contribution in [2.24, 2.45) is 0 Å². The molecule has 1 unspecified atom stereocenters. The molecule has 110 valence electrons. The van der Waals surface area contributed by atoms with Gasteiger partial charge in [-0.3, -0.25) is 0 Å². The van der Waals surface area contributed by atoms with Crippen LogP contribution in [0.15, 0.2) is 36.4 Å². The fourth-order valence-electron chi connectivity index (χ4n) is 2.37. The summed E-state index contributed by atoms with van der Waals surface area (Å²) in [5.74, 6) is 0.976. The Labute approximate surface area is 122 Å². The first-order chi connectivity index (χ1) is 10.1. The number of nitrogens with one attached hydrogen (secondary N) is 1. The number of benzene rings is 2. The van der Waals surface area contributed by atoms with Gasteiger partial charge in [-0.1, -0.05) is 18.2 Å². The van der Waals surface area contributed by atoms with Crippen molar-refractivity contribution in [3.05, 3.63) is 53.3 Å². The largest absolute Gasteiger partial charge is 0.508 e. The van der Waals surface area contributed by atoms with Gasteiger partial charge in [0.1, 0.15) is 11.6 Å². The molecule has 0 spiro atoms. The third kappa shape index (κ3) is 2.78. The van der Waals surface area contributed by atoms with E-state index in [0.717, 1.165) is 23.1 Å². The predicted octanol–water partition coefficient (Wildman–Crippen LogP) is 3.11. The van der Waals surface area contributed by atoms with Crippen LogP contribution < -0.4 is 14.8 Å². The zero-order valence-corrected chi connectivity index (χ0v) is 11.6. The Balaban J connectivity index is 1.72. The molecule has 1 heterocycles. The number of rotatable bonds is 4. The van der Waals surface area contributed by atoms with Gasteiger partial charge in [0, 0.05) is 29.8 Å². The van der Waals surface area contributed by atoms with Gasteiger partial charge in [0.15, 0.2) is 11.5 Å². The molecule has 3 rings (SSSR count). The van der Waals surface area contributed by atoms with Gasteiger partial charge in [-0.2, -0.15) is 0 Å². The molecule has 0 saturated heterocycles. The number of halogens is 1. The van der Waals surface area contributed by atoms with Crippen LogP contribution in [-0.2, 0) is 6.54 Å². The summed E-state index contributed by atoms with van der Waals surface area (Å²) in [6, 6.07) is 9.69. The van der Waals surface area contributed by atoms with Crippen molar-refractivity contribution in [1.29, 1.82) is 0 Å². The average molecular weight is 289 g/mol. The van der Waals surface area contributed by atoms with Crippen molar-refractivity contribution in [1.82, 2.24) is 5.32 Å². The Bertz CT molecular complexity index is 660. The minimum Gasteiger partial charge on any atom is -0.508 e. The quantitative estimate of drug-likeness (QED) is 0.908. The van der Waals surface area contributed by atoms with Gasteiger partial charge in [-0.05, 0) is 19.1 Å². The number of ether oxygens (including phenoxy) is 2. The lowest BCUT2D eigenvalue weighted by molar-refractivity contribution is 0.173. The number of phenolic OH excluding ortho intramolecular Hbond substituents is 1. The van der Waals surface area contributed by atoms with E-state index in [-0.39, 0.29) is 18.6 Å². The fraction of sp³-hybridized carbons (Fsp3) is 0.250. The summed E-state index contributed by atoms with van der Waals surface area (Å²) in [5, 5.41) is 12.5. The molecule has 2 aromatic carbocycles. The van der Waals surface area contributed by atoms with E-state index in [1.54, 1.807) is 6.07 Å². The summed E-state index contributed by atoms with van der Waals surface area (Å²) in [4.78, 5) is 0. The summed E-state index contributed by atoms with van der Waals surface area (Å²) in [6.45, 7) is 2.64. The first kappa shape index (κ1) is 13.7. The zero-order chi connectivity index (χ0) is 14.8. The third-order valence-electron chi connectivity index (χ3n) is 3.53. The molecule has 0 amide bonds. The van der Waals surface area contributed by atoms with Gasteiger partial charge in [0.25, 0.3) is 0 Å². The Hall–Kier alpha value is -2.27. The van der Waals surface area contributed by atoms with E-state index in [2.05, 4.69) is 5.32 Å². The van der Waals surface area contributed by atoms with Crippen molar-refractivity contribution >= 4 is 0 Å². The molecule has 1 aliphatic heterocycles. The molecule has 2 aromatic rings. The molecule has 0 aliphatic carbocycles. The Morgan fingerprint density at radius 3 is 2.95 bits per heavy atom. The Kier molecular flexibility index (Phi) is 3.66. The molecule has 21 heavy (non-hydrogen) atoms. The zero-order valence-electron chi connectivity index (χ0n) is 11.6. The number of fused-ring (bicyclic) bond motifs is 1. The smallest absolute Gasteiger partial charge is 0.231 e. The van der Waals surface area contributed by atoms with Crippen LogP contribution in [0.5, 0.6) is 17.2 Å². The van der Waals surface area contributed by atoms with Crippen LogP contribution in [0.1, 0.15) is 24.1 Å². The number of hydrogen-bond donors (Lipinski definition) is 2. The molecular formula is C16H16FNO3. The first-order valence-electron chi connectivity index (χ1n) is 6.74. The Morgan fingerprint density at radius 2 is 2.14 bits per heavy atom. The SMILES string of the molecule is CC(NCc1cccc2c1OCO2)c1ccc(O)cc1F. The van der Waals surface area contributed by atoms with Crippen LogP contribution in [-0.4, -0.2) is 11.9 Å². The van der Waals surface area contributed by atoms with Crippen molar-refractivity contribution in [2.75, 3.05) is 6.79 Å². The highest BCUT2D eigenvalue weighted by atomic mass is 19.1. The molecule has 1 aliphatic rings. The van der Waals surface area contributed by atoms with Crippen molar-refractivity contribution < 1.29 is 19.0 Å². The average Bonchev–Trinajstić information content (AvgIpc) is 2.93. The van der Waals surface area contributed by atoms with E-state index in [4.69, 9.17) is 9.47 Å². The molecule has 0 fully saturated rings. The monoisotopic (exact) mass is 289 g/mol. The third-order valence-corrected chi connectivity index (χ3v) is 3.53. The lowest BCUT2D eigenvalue weighted by Gasteiger charge is -2.16. The second-order valence-corrected chi connectivity index (χ2v) is 4.96. The van der Waals surface area contributed by atoms with E-state index < -0.39 is 5.82 Å². The molecular weight excluding hydrogens is 273 g/mol. The topological polar surface area (TPSA) is 50.7 Å². The van der Waals surface area contributed by atoms with E-state index in [1.807, 2.05) is 25.1 Å². The minimum atomic E-state index is -0.423. The number of phenols is 1. The van der Waals surface area contributed by atoms with Crippen molar-refractivity contribution in [3.8, 4) is 17.2 Å². The van der Waals surface area contributed by atoms with E-state index in [9.17, 15) is 9.50 Å². The Morgan fingerprint density at radius 1 is 1.29 bits per heavy atom. The van der Waals surface area contributed by atoms with Crippen molar-refractivity contribution in [2.45, 2.75) is 19.5 Å².